The molecule has 2 aromatic rings. The lowest BCUT2D eigenvalue weighted by Gasteiger charge is -1.93. The second kappa shape index (κ2) is 2.85. The average Bonchev–Trinajstić information content (AvgIpc) is 2.58. The van der Waals surface area contributed by atoms with Gasteiger partial charge in [-0.3, -0.25) is 9.25 Å². The third-order valence-electron chi connectivity index (χ3n) is 1.79. The molecule has 2 rings (SSSR count). The number of hydrogen-bond donors (Lipinski definition) is 1. The van der Waals surface area contributed by atoms with Crippen LogP contribution in [0.5, 0.6) is 0 Å². The van der Waals surface area contributed by atoms with E-state index in [-0.39, 0.29) is 0 Å². The minimum absolute atomic E-state index is 0.677. The van der Waals surface area contributed by atoms with E-state index in [0.29, 0.717) is 4.77 Å². The topological polar surface area (TPSA) is 38.5 Å². The van der Waals surface area contributed by atoms with Gasteiger partial charge in [-0.2, -0.15) is 5.10 Å². The molecule has 0 atom stereocenters. The number of H-pyrrole nitrogens is 1. The van der Waals surface area contributed by atoms with Crippen LogP contribution in [0.4, 0.5) is 0 Å². The highest BCUT2D eigenvalue weighted by molar-refractivity contribution is 7.71. The lowest BCUT2D eigenvalue weighted by molar-refractivity contribution is 0.749. The Morgan fingerprint density at radius 1 is 1.54 bits per heavy atom. The van der Waals surface area contributed by atoms with E-state index in [2.05, 4.69) is 10.1 Å². The highest BCUT2D eigenvalue weighted by atomic mass is 32.1. The van der Waals surface area contributed by atoms with Gasteiger partial charge < -0.3 is 4.98 Å². The number of aryl methyl sites for hydroxylation is 2. The summed E-state index contributed by atoms with van der Waals surface area (Å²) in [6.45, 7) is 1.97. The summed E-state index contributed by atoms with van der Waals surface area (Å²) >= 11 is 5.12. The zero-order valence-corrected chi connectivity index (χ0v) is 8.30. The molecule has 2 aromatic heterocycles. The van der Waals surface area contributed by atoms with Crippen molar-refractivity contribution < 1.29 is 0 Å². The Bertz CT molecular complexity index is 476. The Hall–Kier alpha value is -1.36. The zero-order valence-electron chi connectivity index (χ0n) is 7.48. The Morgan fingerprint density at radius 2 is 2.31 bits per heavy atom. The number of nitrogens with one attached hydrogen (secondary N) is 1. The fourth-order valence-corrected chi connectivity index (χ4v) is 1.52. The molecular weight excluding hydrogens is 184 g/mol. The van der Waals surface area contributed by atoms with Gasteiger partial charge in [0.05, 0.1) is 0 Å². The van der Waals surface area contributed by atoms with Crippen LogP contribution in [0.25, 0.3) is 5.82 Å². The maximum absolute atomic E-state index is 5.12. The van der Waals surface area contributed by atoms with Crippen molar-refractivity contribution >= 4 is 12.2 Å². The highest BCUT2D eigenvalue weighted by Crippen LogP contribution is 2.06. The third-order valence-corrected chi connectivity index (χ3v) is 2.09. The van der Waals surface area contributed by atoms with Gasteiger partial charge >= 0.3 is 0 Å². The van der Waals surface area contributed by atoms with Crippen molar-refractivity contribution in [2.24, 2.45) is 7.05 Å². The number of imidazole rings is 1. The number of nitrogens with zero attached hydrogens (tertiary/aromatic N) is 3. The van der Waals surface area contributed by atoms with Crippen LogP contribution in [0, 0.1) is 11.7 Å². The second-order valence-corrected chi connectivity index (χ2v) is 3.35. The van der Waals surface area contributed by atoms with Gasteiger partial charge in [0.15, 0.2) is 10.6 Å². The van der Waals surface area contributed by atoms with E-state index in [1.807, 2.05) is 37.0 Å². The summed E-state index contributed by atoms with van der Waals surface area (Å²) in [5.41, 5.74) is 1.04. The molecule has 0 aromatic carbocycles. The fourth-order valence-electron chi connectivity index (χ4n) is 1.21. The Labute approximate surface area is 80.8 Å². The van der Waals surface area contributed by atoms with Crippen LogP contribution >= 0.6 is 12.2 Å². The molecule has 5 heteroatoms. The predicted molar refractivity (Wildman–Crippen MR) is 52.5 cm³/mol. The summed E-state index contributed by atoms with van der Waals surface area (Å²) in [6.07, 6.45) is 3.82. The molecule has 0 amide bonds. The monoisotopic (exact) mass is 194 g/mol. The molecule has 4 nitrogen and oxygen atoms in total. The summed E-state index contributed by atoms with van der Waals surface area (Å²) in [5, 5.41) is 4.25. The van der Waals surface area contributed by atoms with E-state index < -0.39 is 0 Å². The first-order chi connectivity index (χ1) is 6.16. The van der Waals surface area contributed by atoms with Crippen LogP contribution in [0.3, 0.4) is 0 Å². The van der Waals surface area contributed by atoms with Crippen LogP contribution in [0.2, 0.25) is 0 Å². The van der Waals surface area contributed by atoms with Gasteiger partial charge in [0.1, 0.15) is 0 Å². The van der Waals surface area contributed by atoms with E-state index in [0.717, 1.165) is 11.5 Å². The summed E-state index contributed by atoms with van der Waals surface area (Å²) in [7, 11) is 1.88. The molecule has 0 spiro atoms. The first kappa shape index (κ1) is 8.25. The SMILES string of the molecule is Cc1cn(-c2ccn(C)n2)c(=S)[nH]1. The van der Waals surface area contributed by atoms with Crippen LogP contribution in [0.15, 0.2) is 18.5 Å². The average molecular weight is 194 g/mol. The maximum Gasteiger partial charge on any atom is 0.183 e. The second-order valence-electron chi connectivity index (χ2n) is 2.96. The maximum atomic E-state index is 5.12. The molecule has 0 bridgehead atoms. The van der Waals surface area contributed by atoms with Crippen molar-refractivity contribution in [3.05, 3.63) is 28.9 Å². The quantitative estimate of drug-likeness (QED) is 0.700. The van der Waals surface area contributed by atoms with Crippen molar-refractivity contribution in [1.82, 2.24) is 19.3 Å². The van der Waals surface area contributed by atoms with Crippen LogP contribution in [-0.2, 0) is 7.05 Å². The normalized spacial score (nSPS) is 10.6. The molecule has 2 heterocycles. The Kier molecular flexibility index (Phi) is 1.81. The van der Waals surface area contributed by atoms with Gasteiger partial charge in [0, 0.05) is 31.2 Å². The molecule has 0 unspecified atom stereocenters. The van der Waals surface area contributed by atoms with Crippen LogP contribution in [-0.4, -0.2) is 19.3 Å². The van der Waals surface area contributed by atoms with Gasteiger partial charge in [-0.15, -0.1) is 0 Å². The van der Waals surface area contributed by atoms with Gasteiger partial charge in [-0.25, -0.2) is 0 Å². The van der Waals surface area contributed by atoms with Crippen molar-refractivity contribution in [2.75, 3.05) is 0 Å². The summed E-state index contributed by atoms with van der Waals surface area (Å²) < 4.78 is 4.28. The van der Waals surface area contributed by atoms with Crippen molar-refractivity contribution in [1.29, 1.82) is 0 Å². The molecule has 0 saturated carbocycles. The Balaban J connectivity index is 2.58. The van der Waals surface area contributed by atoms with Crippen LogP contribution < -0.4 is 0 Å². The van der Waals surface area contributed by atoms with Crippen molar-refractivity contribution in [3.8, 4) is 5.82 Å². The largest absolute Gasteiger partial charge is 0.334 e. The lowest BCUT2D eigenvalue weighted by Crippen LogP contribution is -1.95. The minimum Gasteiger partial charge on any atom is -0.334 e. The molecule has 0 aliphatic carbocycles. The fraction of sp³-hybridized carbons (Fsp3) is 0.250. The molecule has 0 aliphatic rings. The van der Waals surface area contributed by atoms with E-state index in [1.165, 1.54) is 0 Å². The van der Waals surface area contributed by atoms with Gasteiger partial charge in [0.25, 0.3) is 0 Å². The van der Waals surface area contributed by atoms with Crippen molar-refractivity contribution in [2.45, 2.75) is 6.92 Å². The molecule has 13 heavy (non-hydrogen) atoms. The Morgan fingerprint density at radius 3 is 2.77 bits per heavy atom. The van der Waals surface area contributed by atoms with Crippen LogP contribution in [0.1, 0.15) is 5.69 Å². The molecule has 1 N–H and O–H groups in total. The summed E-state index contributed by atoms with van der Waals surface area (Å²) in [5.74, 6) is 0.844. The van der Waals surface area contributed by atoms with E-state index in [9.17, 15) is 0 Å². The number of aromatic amines is 1. The number of hydrogen-bond acceptors (Lipinski definition) is 2. The van der Waals surface area contributed by atoms with E-state index in [4.69, 9.17) is 12.2 Å². The molecule has 0 aliphatic heterocycles. The third kappa shape index (κ3) is 1.42. The van der Waals surface area contributed by atoms with Crippen molar-refractivity contribution in [3.63, 3.8) is 0 Å². The highest BCUT2D eigenvalue weighted by Gasteiger charge is 2.01. The van der Waals surface area contributed by atoms with E-state index in [1.54, 1.807) is 4.68 Å². The molecule has 0 fully saturated rings. The van der Waals surface area contributed by atoms with E-state index >= 15 is 0 Å². The van der Waals surface area contributed by atoms with Gasteiger partial charge in [-0.05, 0) is 19.1 Å². The smallest absolute Gasteiger partial charge is 0.183 e. The first-order valence-electron chi connectivity index (χ1n) is 3.95. The lowest BCUT2D eigenvalue weighted by atomic mass is 10.5. The standard InChI is InChI=1S/C8H10N4S/c1-6-5-12(8(13)9-6)7-3-4-11(2)10-7/h3-5H,1-2H3,(H,9,13). The molecule has 68 valence electrons. The first-order valence-corrected chi connectivity index (χ1v) is 4.36. The minimum atomic E-state index is 0.677. The molecule has 0 radical (unpaired) electrons. The molecule has 0 saturated heterocycles. The zero-order chi connectivity index (χ0) is 9.42. The van der Waals surface area contributed by atoms with Gasteiger partial charge in [0.2, 0.25) is 0 Å². The number of rotatable bonds is 1. The predicted octanol–water partition coefficient (Wildman–Crippen LogP) is 1.58. The summed E-state index contributed by atoms with van der Waals surface area (Å²) in [4.78, 5) is 3.04. The summed E-state index contributed by atoms with van der Waals surface area (Å²) in [6, 6.07) is 1.92. The van der Waals surface area contributed by atoms with Gasteiger partial charge in [-0.1, -0.05) is 0 Å². The molecular formula is C8H10N4S. The number of aromatic nitrogens is 4.